The highest BCUT2D eigenvalue weighted by molar-refractivity contribution is 5.42. The highest BCUT2D eigenvalue weighted by Gasteiger charge is 2.29. The van der Waals surface area contributed by atoms with Gasteiger partial charge >= 0.3 is 0 Å². The third-order valence-electron chi connectivity index (χ3n) is 4.48. The Labute approximate surface area is 117 Å². The van der Waals surface area contributed by atoms with E-state index in [9.17, 15) is 0 Å². The number of fused-ring (bicyclic) bond motifs is 1. The summed E-state index contributed by atoms with van der Waals surface area (Å²) in [7, 11) is 0. The van der Waals surface area contributed by atoms with Crippen molar-refractivity contribution in [3.63, 3.8) is 0 Å². The number of hydrogen-bond acceptors (Lipinski definition) is 6. The molecule has 1 saturated carbocycles. The lowest BCUT2D eigenvalue weighted by atomic mass is 10.2. The van der Waals surface area contributed by atoms with Gasteiger partial charge in [-0.2, -0.15) is 0 Å². The molecule has 106 valence electrons. The minimum Gasteiger partial charge on any atom is -0.365 e. The molecule has 1 unspecified atom stereocenters. The first-order valence-corrected chi connectivity index (χ1v) is 7.44. The molecular weight excluding hydrogens is 254 g/mol. The molecule has 0 aromatic carbocycles. The van der Waals surface area contributed by atoms with E-state index in [0.29, 0.717) is 11.7 Å². The van der Waals surface area contributed by atoms with Crippen LogP contribution in [0.1, 0.15) is 32.1 Å². The molecular formula is C13H19N7. The van der Waals surface area contributed by atoms with E-state index in [4.69, 9.17) is 0 Å². The van der Waals surface area contributed by atoms with Crippen LogP contribution in [0.15, 0.2) is 12.1 Å². The Hall–Kier alpha value is -1.76. The normalized spacial score (nSPS) is 24.7. The van der Waals surface area contributed by atoms with Crippen LogP contribution < -0.4 is 5.32 Å². The number of aromatic nitrogens is 5. The number of nitrogens with zero attached hydrogens (tertiary/aromatic N) is 6. The number of anilines is 1. The third-order valence-corrected chi connectivity index (χ3v) is 4.48. The smallest absolute Gasteiger partial charge is 0.200 e. The number of tetrazole rings is 1. The summed E-state index contributed by atoms with van der Waals surface area (Å²) in [6, 6.07) is 5.14. The van der Waals surface area contributed by atoms with Crippen LogP contribution in [0, 0.1) is 0 Å². The lowest BCUT2D eigenvalue weighted by molar-refractivity contribution is 0.245. The van der Waals surface area contributed by atoms with Crippen LogP contribution in [0.5, 0.6) is 0 Å². The molecule has 2 aliphatic rings. The van der Waals surface area contributed by atoms with Crippen molar-refractivity contribution >= 4 is 11.5 Å². The predicted octanol–water partition coefficient (Wildman–Crippen LogP) is 0.948. The number of likely N-dealkylation sites (tertiary alicyclic amines) is 1. The Kier molecular flexibility index (Phi) is 2.99. The Morgan fingerprint density at radius 2 is 2.05 bits per heavy atom. The van der Waals surface area contributed by atoms with Crippen LogP contribution in [0.3, 0.4) is 0 Å². The van der Waals surface area contributed by atoms with Crippen molar-refractivity contribution in [3.8, 4) is 0 Å². The van der Waals surface area contributed by atoms with Crippen LogP contribution >= 0.6 is 0 Å². The number of nitrogens with one attached hydrogen (secondary N) is 1. The molecule has 1 saturated heterocycles. The monoisotopic (exact) mass is 273 g/mol. The number of hydrogen-bond donors (Lipinski definition) is 1. The highest BCUT2D eigenvalue weighted by Crippen LogP contribution is 2.27. The fourth-order valence-corrected chi connectivity index (χ4v) is 3.44. The summed E-state index contributed by atoms with van der Waals surface area (Å²) in [5.74, 6) is 0.850. The zero-order valence-electron chi connectivity index (χ0n) is 11.4. The van der Waals surface area contributed by atoms with E-state index in [1.807, 2.05) is 12.1 Å². The summed E-state index contributed by atoms with van der Waals surface area (Å²) >= 11 is 0. The first kappa shape index (κ1) is 12.0. The summed E-state index contributed by atoms with van der Waals surface area (Å²) in [5.41, 5.74) is 0.676. The van der Waals surface area contributed by atoms with Crippen molar-refractivity contribution in [1.29, 1.82) is 0 Å². The molecule has 1 aliphatic heterocycles. The van der Waals surface area contributed by atoms with Gasteiger partial charge in [-0.15, -0.1) is 14.8 Å². The molecule has 2 fully saturated rings. The highest BCUT2D eigenvalue weighted by atomic mass is 15.6. The van der Waals surface area contributed by atoms with Crippen LogP contribution in [0.4, 0.5) is 5.82 Å². The maximum atomic E-state index is 4.37. The Morgan fingerprint density at radius 3 is 2.95 bits per heavy atom. The summed E-state index contributed by atoms with van der Waals surface area (Å²) in [6.45, 7) is 2.33. The molecule has 0 radical (unpaired) electrons. The van der Waals surface area contributed by atoms with Gasteiger partial charge in [0.1, 0.15) is 5.82 Å². The minimum atomic E-state index is 0.483. The molecule has 4 rings (SSSR count). The fourth-order valence-electron chi connectivity index (χ4n) is 3.44. The first-order chi connectivity index (χ1) is 9.88. The quantitative estimate of drug-likeness (QED) is 0.897. The van der Waals surface area contributed by atoms with Crippen LogP contribution in [0.25, 0.3) is 5.65 Å². The lowest BCUT2D eigenvalue weighted by Gasteiger charge is -2.23. The van der Waals surface area contributed by atoms with Gasteiger partial charge in [-0.25, -0.2) is 0 Å². The fraction of sp³-hybridized carbons (Fsp3) is 0.692. The molecule has 7 heteroatoms. The van der Waals surface area contributed by atoms with E-state index in [2.05, 4.69) is 30.8 Å². The maximum Gasteiger partial charge on any atom is 0.200 e. The van der Waals surface area contributed by atoms with Gasteiger partial charge in [0.2, 0.25) is 0 Å². The molecule has 2 aromatic rings. The van der Waals surface area contributed by atoms with Gasteiger partial charge in [0.05, 0.1) is 0 Å². The average Bonchev–Trinajstić information content (AvgIpc) is 3.19. The average molecular weight is 273 g/mol. The van der Waals surface area contributed by atoms with E-state index in [-0.39, 0.29) is 0 Å². The van der Waals surface area contributed by atoms with Crippen molar-refractivity contribution in [1.82, 2.24) is 30.2 Å². The van der Waals surface area contributed by atoms with Crippen molar-refractivity contribution in [2.45, 2.75) is 44.2 Å². The Morgan fingerprint density at radius 1 is 1.15 bits per heavy atom. The van der Waals surface area contributed by atoms with E-state index in [1.165, 1.54) is 43.3 Å². The SMILES string of the molecule is c1cc2nnnn2nc1NC1CCN(C2CCCC2)C1. The van der Waals surface area contributed by atoms with Crippen molar-refractivity contribution in [2.24, 2.45) is 0 Å². The molecule has 1 aliphatic carbocycles. The largest absolute Gasteiger partial charge is 0.365 e. The molecule has 0 bridgehead atoms. The van der Waals surface area contributed by atoms with Gasteiger partial charge in [-0.3, -0.25) is 4.90 Å². The van der Waals surface area contributed by atoms with Crippen molar-refractivity contribution in [3.05, 3.63) is 12.1 Å². The molecule has 0 amide bonds. The third kappa shape index (κ3) is 2.22. The summed E-state index contributed by atoms with van der Waals surface area (Å²) in [5, 5.41) is 19.2. The number of rotatable bonds is 3. The topological polar surface area (TPSA) is 71.2 Å². The predicted molar refractivity (Wildman–Crippen MR) is 74.4 cm³/mol. The Bertz CT molecular complexity index is 589. The van der Waals surface area contributed by atoms with Crippen molar-refractivity contribution < 1.29 is 0 Å². The zero-order chi connectivity index (χ0) is 13.4. The second-order valence-corrected chi connectivity index (χ2v) is 5.81. The minimum absolute atomic E-state index is 0.483. The molecule has 7 nitrogen and oxygen atoms in total. The van der Waals surface area contributed by atoms with E-state index in [1.54, 1.807) is 0 Å². The van der Waals surface area contributed by atoms with Crippen LogP contribution in [-0.4, -0.2) is 55.3 Å². The van der Waals surface area contributed by atoms with E-state index >= 15 is 0 Å². The summed E-state index contributed by atoms with van der Waals surface area (Å²) in [6.07, 6.45) is 6.74. The second kappa shape index (κ2) is 4.97. The van der Waals surface area contributed by atoms with Gasteiger partial charge in [-0.1, -0.05) is 12.8 Å². The lowest BCUT2D eigenvalue weighted by Crippen LogP contribution is -2.33. The maximum absolute atomic E-state index is 4.37. The molecule has 20 heavy (non-hydrogen) atoms. The summed E-state index contributed by atoms with van der Waals surface area (Å²) < 4.78 is 1.46. The summed E-state index contributed by atoms with van der Waals surface area (Å²) in [4.78, 5) is 2.64. The molecule has 1 atom stereocenters. The molecule has 0 spiro atoms. The zero-order valence-corrected chi connectivity index (χ0v) is 11.4. The Balaban J connectivity index is 1.41. The second-order valence-electron chi connectivity index (χ2n) is 5.81. The van der Waals surface area contributed by atoms with Crippen molar-refractivity contribution in [2.75, 3.05) is 18.4 Å². The van der Waals surface area contributed by atoms with Crippen LogP contribution in [0.2, 0.25) is 0 Å². The van der Waals surface area contributed by atoms with Gasteiger partial charge in [-0.05, 0) is 41.8 Å². The molecule has 2 aromatic heterocycles. The standard InChI is InChI=1S/C13H19N7/c1-2-4-11(3-1)19-8-7-10(9-19)14-12-5-6-13-15-17-18-20(13)16-12/h5-6,10-11H,1-4,7-9H2,(H,14,16). The molecule has 3 heterocycles. The van der Waals surface area contributed by atoms with E-state index < -0.39 is 0 Å². The van der Waals surface area contributed by atoms with Crippen LogP contribution in [-0.2, 0) is 0 Å². The molecule has 1 N–H and O–H groups in total. The van der Waals surface area contributed by atoms with E-state index in [0.717, 1.165) is 18.4 Å². The first-order valence-electron chi connectivity index (χ1n) is 7.44. The van der Waals surface area contributed by atoms with Gasteiger partial charge < -0.3 is 5.32 Å². The van der Waals surface area contributed by atoms with Gasteiger partial charge in [0.15, 0.2) is 5.65 Å². The van der Waals surface area contributed by atoms with Gasteiger partial charge in [0.25, 0.3) is 0 Å². The van der Waals surface area contributed by atoms with Gasteiger partial charge in [0, 0.05) is 25.2 Å².